The number of benzene rings is 1. The number of rotatable bonds is 1. The van der Waals surface area contributed by atoms with Gasteiger partial charge in [-0.1, -0.05) is 11.6 Å². The summed E-state index contributed by atoms with van der Waals surface area (Å²) in [5.74, 6) is -0.977. The summed E-state index contributed by atoms with van der Waals surface area (Å²) in [4.78, 5) is -0.691. The van der Waals surface area contributed by atoms with E-state index < -0.39 is 20.7 Å². The van der Waals surface area contributed by atoms with Gasteiger partial charge in [0.2, 0.25) is 10.0 Å². The lowest BCUT2D eigenvalue weighted by atomic mass is 10.3. The van der Waals surface area contributed by atoms with Crippen molar-refractivity contribution in [3.05, 3.63) is 27.4 Å². The maximum Gasteiger partial charge on any atom is 0.242 e. The van der Waals surface area contributed by atoms with Crippen molar-refractivity contribution in [3.8, 4) is 0 Å². The summed E-state index contributed by atoms with van der Waals surface area (Å²) in [6.07, 6.45) is 0. The molecule has 0 radical (unpaired) electrons. The Balaban J connectivity index is 3.62. The van der Waals surface area contributed by atoms with Crippen molar-refractivity contribution in [2.75, 3.05) is 0 Å². The molecular weight excluding hydrogens is 284 g/mol. The molecule has 0 aromatic heterocycles. The van der Waals surface area contributed by atoms with E-state index in [1.54, 1.807) is 0 Å². The standard InChI is InChI=1S/C6H4BrClFNO2S/c7-3-1-2-4(8)6(5(3)9)13(10,11)12/h1-2H,(H2,10,11,12). The molecule has 0 unspecified atom stereocenters. The van der Waals surface area contributed by atoms with Crippen molar-refractivity contribution in [1.82, 2.24) is 0 Å². The summed E-state index contributed by atoms with van der Waals surface area (Å²) >= 11 is 8.29. The molecule has 0 saturated heterocycles. The molecule has 0 saturated carbocycles. The van der Waals surface area contributed by atoms with Crippen LogP contribution in [-0.4, -0.2) is 8.42 Å². The molecule has 0 spiro atoms. The first-order valence-corrected chi connectivity index (χ1v) is 5.72. The number of nitrogens with two attached hydrogens (primary N) is 1. The highest BCUT2D eigenvalue weighted by Crippen LogP contribution is 2.28. The number of halogens is 3. The van der Waals surface area contributed by atoms with Gasteiger partial charge in [-0.25, -0.2) is 17.9 Å². The lowest BCUT2D eigenvalue weighted by Gasteiger charge is -2.03. The molecule has 0 aliphatic rings. The van der Waals surface area contributed by atoms with Gasteiger partial charge >= 0.3 is 0 Å². The van der Waals surface area contributed by atoms with Crippen LogP contribution in [0.1, 0.15) is 0 Å². The summed E-state index contributed by atoms with van der Waals surface area (Å²) < 4.78 is 34.9. The average molecular weight is 289 g/mol. The van der Waals surface area contributed by atoms with Gasteiger partial charge in [0.1, 0.15) is 4.90 Å². The van der Waals surface area contributed by atoms with Crippen LogP contribution in [0.25, 0.3) is 0 Å². The average Bonchev–Trinajstić information content (AvgIpc) is 1.95. The second kappa shape index (κ2) is 3.53. The van der Waals surface area contributed by atoms with E-state index >= 15 is 0 Å². The number of hydrogen-bond donors (Lipinski definition) is 1. The zero-order valence-corrected chi connectivity index (χ0v) is 9.25. The molecule has 7 heteroatoms. The van der Waals surface area contributed by atoms with Crippen molar-refractivity contribution < 1.29 is 12.8 Å². The zero-order chi connectivity index (χ0) is 10.2. The molecule has 0 amide bonds. The predicted molar refractivity (Wildman–Crippen MR) is 50.5 cm³/mol. The quantitative estimate of drug-likeness (QED) is 0.802. The summed E-state index contributed by atoms with van der Waals surface area (Å²) in [6, 6.07) is 2.54. The Morgan fingerprint density at radius 3 is 2.38 bits per heavy atom. The molecule has 0 bridgehead atoms. The molecule has 0 fully saturated rings. The summed E-state index contributed by atoms with van der Waals surface area (Å²) in [5.41, 5.74) is 0. The lowest BCUT2D eigenvalue weighted by Crippen LogP contribution is -2.14. The third-order valence-corrected chi connectivity index (χ3v) is 3.29. The first kappa shape index (κ1) is 10.9. The van der Waals surface area contributed by atoms with Crippen LogP contribution in [0.2, 0.25) is 5.02 Å². The van der Waals surface area contributed by atoms with E-state index in [0.29, 0.717) is 0 Å². The van der Waals surface area contributed by atoms with Crippen LogP contribution in [0.3, 0.4) is 0 Å². The van der Waals surface area contributed by atoms with Crippen molar-refractivity contribution >= 4 is 37.6 Å². The van der Waals surface area contributed by atoms with E-state index in [1.807, 2.05) is 0 Å². The highest BCUT2D eigenvalue weighted by atomic mass is 79.9. The van der Waals surface area contributed by atoms with E-state index in [4.69, 9.17) is 16.7 Å². The van der Waals surface area contributed by atoms with Crippen LogP contribution in [0.4, 0.5) is 4.39 Å². The van der Waals surface area contributed by atoms with Gasteiger partial charge in [-0.3, -0.25) is 0 Å². The largest absolute Gasteiger partial charge is 0.242 e. The van der Waals surface area contributed by atoms with E-state index in [-0.39, 0.29) is 9.50 Å². The molecule has 13 heavy (non-hydrogen) atoms. The monoisotopic (exact) mass is 287 g/mol. The molecule has 0 heterocycles. The van der Waals surface area contributed by atoms with Crippen LogP contribution in [0, 0.1) is 5.82 Å². The zero-order valence-electron chi connectivity index (χ0n) is 6.09. The number of primary sulfonamides is 1. The van der Waals surface area contributed by atoms with Gasteiger partial charge < -0.3 is 0 Å². The SMILES string of the molecule is NS(=O)(=O)c1c(Cl)ccc(Br)c1F. The Morgan fingerprint density at radius 2 is 2.00 bits per heavy atom. The highest BCUT2D eigenvalue weighted by molar-refractivity contribution is 9.10. The van der Waals surface area contributed by atoms with Crippen LogP contribution >= 0.6 is 27.5 Å². The first-order chi connectivity index (χ1) is 5.84. The summed E-state index contributed by atoms with van der Waals surface area (Å²) in [6.45, 7) is 0. The predicted octanol–water partition coefficient (Wildman–Crippen LogP) is 1.89. The number of hydrogen-bond acceptors (Lipinski definition) is 2. The van der Waals surface area contributed by atoms with Gasteiger partial charge in [-0.15, -0.1) is 0 Å². The normalized spacial score (nSPS) is 11.7. The second-order valence-electron chi connectivity index (χ2n) is 2.22. The van der Waals surface area contributed by atoms with E-state index in [1.165, 1.54) is 12.1 Å². The molecule has 2 N–H and O–H groups in total. The molecule has 3 nitrogen and oxygen atoms in total. The molecule has 72 valence electrons. The fraction of sp³-hybridized carbons (Fsp3) is 0. The molecular formula is C6H4BrClFNO2S. The van der Waals surface area contributed by atoms with Gasteiger partial charge in [-0.2, -0.15) is 0 Å². The van der Waals surface area contributed by atoms with Gasteiger partial charge in [0.05, 0.1) is 9.50 Å². The third kappa shape index (κ3) is 2.19. The Bertz CT molecular complexity index is 448. The summed E-state index contributed by atoms with van der Waals surface area (Å²) in [5, 5.41) is 4.52. The number of sulfonamides is 1. The fourth-order valence-corrected chi connectivity index (χ4v) is 2.40. The van der Waals surface area contributed by atoms with Gasteiger partial charge in [0.25, 0.3) is 0 Å². The maximum atomic E-state index is 13.2. The Labute approximate surface area is 87.9 Å². The van der Waals surface area contributed by atoms with Gasteiger partial charge in [0, 0.05) is 0 Å². The second-order valence-corrected chi connectivity index (χ2v) is 4.98. The summed E-state index contributed by atoms with van der Waals surface area (Å²) in [7, 11) is -4.12. The van der Waals surface area contributed by atoms with Crippen molar-refractivity contribution in [2.45, 2.75) is 4.90 Å². The molecule has 0 aliphatic heterocycles. The molecule has 1 rings (SSSR count). The lowest BCUT2D eigenvalue weighted by molar-refractivity contribution is 0.564. The highest BCUT2D eigenvalue weighted by Gasteiger charge is 2.20. The maximum absolute atomic E-state index is 13.2. The molecule has 1 aromatic rings. The Hall–Kier alpha value is -0.170. The van der Waals surface area contributed by atoms with Crippen molar-refractivity contribution in [3.63, 3.8) is 0 Å². The van der Waals surface area contributed by atoms with Crippen molar-refractivity contribution in [2.24, 2.45) is 5.14 Å². The Morgan fingerprint density at radius 1 is 1.46 bits per heavy atom. The molecule has 0 atom stereocenters. The van der Waals surface area contributed by atoms with E-state index in [9.17, 15) is 12.8 Å². The first-order valence-electron chi connectivity index (χ1n) is 3.00. The van der Waals surface area contributed by atoms with Crippen LogP contribution in [-0.2, 0) is 10.0 Å². The van der Waals surface area contributed by atoms with Crippen molar-refractivity contribution in [1.29, 1.82) is 0 Å². The van der Waals surface area contributed by atoms with Gasteiger partial charge in [0.15, 0.2) is 5.82 Å². The Kier molecular flexibility index (Phi) is 2.96. The van der Waals surface area contributed by atoms with Crippen LogP contribution in [0.5, 0.6) is 0 Å². The minimum absolute atomic E-state index is 0.000856. The third-order valence-electron chi connectivity index (χ3n) is 1.29. The minimum Gasteiger partial charge on any atom is -0.224 e. The fourth-order valence-electron chi connectivity index (χ4n) is 0.769. The van der Waals surface area contributed by atoms with E-state index in [0.717, 1.165) is 0 Å². The van der Waals surface area contributed by atoms with Gasteiger partial charge in [-0.05, 0) is 28.1 Å². The van der Waals surface area contributed by atoms with Crippen LogP contribution in [0.15, 0.2) is 21.5 Å². The van der Waals surface area contributed by atoms with Crippen LogP contribution < -0.4 is 5.14 Å². The topological polar surface area (TPSA) is 60.2 Å². The minimum atomic E-state index is -4.12. The van der Waals surface area contributed by atoms with E-state index in [2.05, 4.69) is 15.9 Å². The molecule has 0 aliphatic carbocycles. The smallest absolute Gasteiger partial charge is 0.224 e. The molecule has 1 aromatic carbocycles.